The standard InChI is InChI=1S/C18H17FN2O2/c19-17-4-2-1-3-14(17)12-23-15-5-6-16-13(11-15)7-9-21(10-8-20)18(16)22/h1-7,9,11H,8,10,12,20H2. The second-order valence-corrected chi connectivity index (χ2v) is 5.23. The predicted molar refractivity (Wildman–Crippen MR) is 88.0 cm³/mol. The van der Waals surface area contributed by atoms with Crippen molar-refractivity contribution in [1.29, 1.82) is 0 Å². The summed E-state index contributed by atoms with van der Waals surface area (Å²) in [6, 6.07) is 13.6. The topological polar surface area (TPSA) is 57.2 Å². The molecule has 3 rings (SSSR count). The minimum atomic E-state index is -0.294. The summed E-state index contributed by atoms with van der Waals surface area (Å²) in [5, 5.41) is 1.40. The number of rotatable bonds is 5. The Hall–Kier alpha value is -2.66. The van der Waals surface area contributed by atoms with E-state index in [1.807, 2.05) is 6.07 Å². The first kappa shape index (κ1) is 15.2. The lowest BCUT2D eigenvalue weighted by molar-refractivity contribution is 0.300. The van der Waals surface area contributed by atoms with Gasteiger partial charge < -0.3 is 15.0 Å². The van der Waals surface area contributed by atoms with Crippen LogP contribution in [-0.2, 0) is 13.2 Å². The molecule has 0 atom stereocenters. The quantitative estimate of drug-likeness (QED) is 0.788. The molecule has 5 heteroatoms. The van der Waals surface area contributed by atoms with Gasteiger partial charge in [-0.2, -0.15) is 0 Å². The van der Waals surface area contributed by atoms with E-state index in [9.17, 15) is 9.18 Å². The van der Waals surface area contributed by atoms with E-state index in [-0.39, 0.29) is 18.0 Å². The smallest absolute Gasteiger partial charge is 0.258 e. The van der Waals surface area contributed by atoms with Gasteiger partial charge in [0.15, 0.2) is 0 Å². The van der Waals surface area contributed by atoms with Gasteiger partial charge in [0.2, 0.25) is 0 Å². The van der Waals surface area contributed by atoms with Crippen LogP contribution in [0, 0.1) is 5.82 Å². The van der Waals surface area contributed by atoms with Crippen molar-refractivity contribution in [3.8, 4) is 5.75 Å². The van der Waals surface area contributed by atoms with Crippen molar-refractivity contribution in [1.82, 2.24) is 4.57 Å². The summed E-state index contributed by atoms with van der Waals surface area (Å²) in [5.41, 5.74) is 5.91. The molecule has 2 aromatic carbocycles. The fraction of sp³-hybridized carbons (Fsp3) is 0.167. The molecule has 0 amide bonds. The second kappa shape index (κ2) is 6.62. The van der Waals surface area contributed by atoms with Crippen LogP contribution >= 0.6 is 0 Å². The lowest BCUT2D eigenvalue weighted by atomic mass is 10.1. The number of hydrogen-bond donors (Lipinski definition) is 1. The van der Waals surface area contributed by atoms with Crippen molar-refractivity contribution >= 4 is 10.8 Å². The lowest BCUT2D eigenvalue weighted by Crippen LogP contribution is -2.23. The summed E-state index contributed by atoms with van der Waals surface area (Å²) < 4.78 is 20.8. The molecule has 3 aromatic rings. The number of halogens is 1. The van der Waals surface area contributed by atoms with Crippen LogP contribution < -0.4 is 16.0 Å². The summed E-state index contributed by atoms with van der Waals surface area (Å²) in [6.07, 6.45) is 1.72. The minimum absolute atomic E-state index is 0.0754. The third kappa shape index (κ3) is 3.24. The highest BCUT2D eigenvalue weighted by molar-refractivity contribution is 5.82. The molecular weight excluding hydrogens is 295 g/mol. The van der Waals surface area contributed by atoms with Crippen LogP contribution in [0.5, 0.6) is 5.75 Å². The van der Waals surface area contributed by atoms with Gasteiger partial charge in [0, 0.05) is 30.2 Å². The Morgan fingerprint density at radius 3 is 2.74 bits per heavy atom. The molecule has 1 aromatic heterocycles. The average Bonchev–Trinajstić information content (AvgIpc) is 2.57. The molecule has 4 nitrogen and oxygen atoms in total. The van der Waals surface area contributed by atoms with E-state index in [1.165, 1.54) is 6.07 Å². The highest BCUT2D eigenvalue weighted by Gasteiger charge is 2.05. The number of fused-ring (bicyclic) bond motifs is 1. The van der Waals surface area contributed by atoms with Crippen molar-refractivity contribution in [3.63, 3.8) is 0 Å². The zero-order valence-corrected chi connectivity index (χ0v) is 12.5. The third-order valence-electron chi connectivity index (χ3n) is 3.67. The zero-order valence-electron chi connectivity index (χ0n) is 12.5. The fourth-order valence-electron chi connectivity index (χ4n) is 2.45. The van der Waals surface area contributed by atoms with Crippen molar-refractivity contribution in [2.45, 2.75) is 13.2 Å². The number of aromatic nitrogens is 1. The van der Waals surface area contributed by atoms with Gasteiger partial charge in [-0.1, -0.05) is 18.2 Å². The Bertz CT molecular complexity index is 890. The average molecular weight is 312 g/mol. The zero-order chi connectivity index (χ0) is 16.2. The maximum atomic E-state index is 13.6. The predicted octanol–water partition coefficient (Wildman–Crippen LogP) is 2.68. The van der Waals surface area contributed by atoms with E-state index in [0.717, 1.165) is 5.39 Å². The van der Waals surface area contributed by atoms with Gasteiger partial charge in [0.05, 0.1) is 0 Å². The van der Waals surface area contributed by atoms with Crippen molar-refractivity contribution < 1.29 is 9.13 Å². The maximum absolute atomic E-state index is 13.6. The first-order valence-electron chi connectivity index (χ1n) is 7.38. The van der Waals surface area contributed by atoms with E-state index in [4.69, 9.17) is 10.5 Å². The Kier molecular flexibility index (Phi) is 4.39. The Morgan fingerprint density at radius 2 is 1.96 bits per heavy atom. The Morgan fingerprint density at radius 1 is 1.13 bits per heavy atom. The van der Waals surface area contributed by atoms with Gasteiger partial charge in [-0.15, -0.1) is 0 Å². The molecule has 0 saturated carbocycles. The van der Waals surface area contributed by atoms with Crippen LogP contribution in [0.3, 0.4) is 0 Å². The molecular formula is C18H17FN2O2. The minimum Gasteiger partial charge on any atom is -0.489 e. The van der Waals surface area contributed by atoms with E-state index in [2.05, 4.69) is 0 Å². The summed E-state index contributed by atoms with van der Waals surface area (Å²) in [5.74, 6) is 0.301. The van der Waals surface area contributed by atoms with E-state index >= 15 is 0 Å². The number of benzene rings is 2. The molecule has 0 aliphatic heterocycles. The molecule has 0 saturated heterocycles. The number of nitrogens with zero attached hydrogens (tertiary/aromatic N) is 1. The number of pyridine rings is 1. The highest BCUT2D eigenvalue weighted by atomic mass is 19.1. The second-order valence-electron chi connectivity index (χ2n) is 5.23. The number of nitrogens with two attached hydrogens (primary N) is 1. The molecule has 0 unspecified atom stereocenters. The van der Waals surface area contributed by atoms with Crippen LogP contribution in [0.25, 0.3) is 10.8 Å². The molecule has 0 aliphatic rings. The molecule has 118 valence electrons. The van der Waals surface area contributed by atoms with Gasteiger partial charge in [-0.3, -0.25) is 4.79 Å². The SMILES string of the molecule is NCCn1ccc2cc(OCc3ccccc3F)ccc2c1=O. The van der Waals surface area contributed by atoms with Crippen LogP contribution in [0.15, 0.2) is 59.5 Å². The van der Waals surface area contributed by atoms with Gasteiger partial charge in [0.1, 0.15) is 18.2 Å². The van der Waals surface area contributed by atoms with E-state index < -0.39 is 0 Å². The molecule has 2 N–H and O–H groups in total. The summed E-state index contributed by atoms with van der Waals surface area (Å²) in [4.78, 5) is 12.3. The first-order chi connectivity index (χ1) is 11.2. The molecule has 0 fully saturated rings. The Balaban J connectivity index is 1.85. The molecule has 0 spiro atoms. The normalized spacial score (nSPS) is 10.9. The molecule has 0 radical (unpaired) electrons. The summed E-state index contributed by atoms with van der Waals surface area (Å²) in [6.45, 7) is 1.04. The molecule has 23 heavy (non-hydrogen) atoms. The van der Waals surface area contributed by atoms with Gasteiger partial charge >= 0.3 is 0 Å². The lowest BCUT2D eigenvalue weighted by Gasteiger charge is -2.09. The van der Waals surface area contributed by atoms with Gasteiger partial charge in [-0.25, -0.2) is 4.39 Å². The molecule has 1 heterocycles. The van der Waals surface area contributed by atoms with Gasteiger partial charge in [-0.05, 0) is 35.7 Å². The first-order valence-corrected chi connectivity index (χ1v) is 7.38. The van der Waals surface area contributed by atoms with Crippen molar-refractivity contribution in [3.05, 3.63) is 76.5 Å². The largest absolute Gasteiger partial charge is 0.489 e. The molecule has 0 bridgehead atoms. The maximum Gasteiger partial charge on any atom is 0.258 e. The van der Waals surface area contributed by atoms with Crippen LogP contribution in [-0.4, -0.2) is 11.1 Å². The van der Waals surface area contributed by atoms with Crippen LogP contribution in [0.4, 0.5) is 4.39 Å². The third-order valence-corrected chi connectivity index (χ3v) is 3.67. The van der Waals surface area contributed by atoms with Crippen LogP contribution in [0.2, 0.25) is 0 Å². The van der Waals surface area contributed by atoms with Crippen LogP contribution in [0.1, 0.15) is 5.56 Å². The van der Waals surface area contributed by atoms with Crippen molar-refractivity contribution in [2.75, 3.05) is 6.54 Å². The van der Waals surface area contributed by atoms with E-state index in [0.29, 0.717) is 29.8 Å². The highest BCUT2D eigenvalue weighted by Crippen LogP contribution is 2.20. The molecule has 0 aliphatic carbocycles. The summed E-state index contributed by atoms with van der Waals surface area (Å²) >= 11 is 0. The van der Waals surface area contributed by atoms with Gasteiger partial charge in [0.25, 0.3) is 5.56 Å². The van der Waals surface area contributed by atoms with Crippen molar-refractivity contribution in [2.24, 2.45) is 5.73 Å². The fourth-order valence-corrected chi connectivity index (χ4v) is 2.45. The number of hydrogen-bond acceptors (Lipinski definition) is 3. The summed E-state index contributed by atoms with van der Waals surface area (Å²) in [7, 11) is 0. The Labute approximate surface area is 132 Å². The van der Waals surface area contributed by atoms with E-state index in [1.54, 1.807) is 47.2 Å². The number of ether oxygens (including phenoxy) is 1. The monoisotopic (exact) mass is 312 g/mol.